The number of hydrogen-bond donors (Lipinski definition) is 1. The van der Waals surface area contributed by atoms with Crippen molar-refractivity contribution in [3.63, 3.8) is 0 Å². The number of rotatable bonds is 3. The van der Waals surface area contributed by atoms with E-state index in [1.807, 2.05) is 24.3 Å². The molecule has 0 spiro atoms. The van der Waals surface area contributed by atoms with Gasteiger partial charge in [0.05, 0.1) is 7.11 Å². The van der Waals surface area contributed by atoms with Crippen LogP contribution in [0.3, 0.4) is 0 Å². The second-order valence-electron chi connectivity index (χ2n) is 4.83. The number of ether oxygens (including phenoxy) is 2. The zero-order valence-corrected chi connectivity index (χ0v) is 10.8. The molecule has 0 radical (unpaired) electrons. The summed E-state index contributed by atoms with van der Waals surface area (Å²) in [6, 6.07) is 8.86. The van der Waals surface area contributed by atoms with Gasteiger partial charge in [-0.15, -0.1) is 0 Å². The molecule has 3 heteroatoms. The van der Waals surface area contributed by atoms with Crippen molar-refractivity contribution >= 4 is 0 Å². The lowest BCUT2D eigenvalue weighted by Crippen LogP contribution is -2.46. The third kappa shape index (κ3) is 3.13. The fourth-order valence-electron chi connectivity index (χ4n) is 2.50. The maximum absolute atomic E-state index is 6.05. The Hall–Kier alpha value is -1.22. The second kappa shape index (κ2) is 5.41. The smallest absolute Gasteiger partial charge is 0.161 e. The van der Waals surface area contributed by atoms with E-state index in [4.69, 9.17) is 9.47 Å². The van der Waals surface area contributed by atoms with Crippen molar-refractivity contribution < 1.29 is 9.47 Å². The Bertz CT molecular complexity index is 357. The molecule has 1 heterocycles. The molecule has 2 rings (SSSR count). The Labute approximate surface area is 103 Å². The van der Waals surface area contributed by atoms with E-state index in [-0.39, 0.29) is 6.10 Å². The molecule has 1 aliphatic rings. The highest BCUT2D eigenvalue weighted by Crippen LogP contribution is 2.29. The zero-order chi connectivity index (χ0) is 12.3. The van der Waals surface area contributed by atoms with Crippen molar-refractivity contribution in [2.24, 2.45) is 0 Å². The highest BCUT2D eigenvalue weighted by atomic mass is 16.5. The van der Waals surface area contributed by atoms with Gasteiger partial charge in [0.2, 0.25) is 0 Å². The van der Waals surface area contributed by atoms with Crippen LogP contribution in [-0.4, -0.2) is 25.3 Å². The predicted molar refractivity (Wildman–Crippen MR) is 68.7 cm³/mol. The first-order chi connectivity index (χ1) is 8.19. The number of piperidine rings is 1. The molecule has 0 amide bonds. The van der Waals surface area contributed by atoms with Crippen LogP contribution in [0, 0.1) is 0 Å². The molecule has 0 aliphatic carbocycles. The molecule has 1 aromatic carbocycles. The molecule has 94 valence electrons. The predicted octanol–water partition coefficient (Wildman–Crippen LogP) is 2.60. The Morgan fingerprint density at radius 1 is 1.06 bits per heavy atom. The zero-order valence-electron chi connectivity index (χ0n) is 10.8. The normalized spacial score (nSPS) is 28.8. The van der Waals surface area contributed by atoms with E-state index >= 15 is 0 Å². The van der Waals surface area contributed by atoms with Gasteiger partial charge < -0.3 is 14.8 Å². The average molecular weight is 235 g/mol. The minimum atomic E-state index is 0.276. The van der Waals surface area contributed by atoms with Gasteiger partial charge in [0, 0.05) is 12.1 Å². The van der Waals surface area contributed by atoms with Crippen LogP contribution in [0.1, 0.15) is 26.7 Å². The van der Waals surface area contributed by atoms with Gasteiger partial charge in [-0.2, -0.15) is 0 Å². The number of benzene rings is 1. The molecule has 1 N–H and O–H groups in total. The largest absolute Gasteiger partial charge is 0.493 e. The van der Waals surface area contributed by atoms with E-state index in [0.29, 0.717) is 12.1 Å². The Balaban J connectivity index is 2.04. The van der Waals surface area contributed by atoms with Gasteiger partial charge in [-0.1, -0.05) is 12.1 Å². The monoisotopic (exact) mass is 235 g/mol. The van der Waals surface area contributed by atoms with Gasteiger partial charge in [-0.25, -0.2) is 0 Å². The summed E-state index contributed by atoms with van der Waals surface area (Å²) in [6.45, 7) is 4.41. The lowest BCUT2D eigenvalue weighted by Gasteiger charge is -2.33. The summed E-state index contributed by atoms with van der Waals surface area (Å²) in [5.41, 5.74) is 0. The molecule has 3 nitrogen and oxygen atoms in total. The number of nitrogens with one attached hydrogen (secondary N) is 1. The molecular weight excluding hydrogens is 214 g/mol. The van der Waals surface area contributed by atoms with Crippen LogP contribution in [0.2, 0.25) is 0 Å². The summed E-state index contributed by atoms with van der Waals surface area (Å²) in [7, 11) is 1.68. The lowest BCUT2D eigenvalue weighted by atomic mass is 9.97. The standard InChI is InChI=1S/C14H21NO2/c1-10-8-12(9-11(2)15-10)17-14-7-5-4-6-13(14)16-3/h4-7,10-12,15H,8-9H2,1-3H3. The van der Waals surface area contributed by atoms with E-state index in [0.717, 1.165) is 24.3 Å². The maximum Gasteiger partial charge on any atom is 0.161 e. The molecular formula is C14H21NO2. The van der Waals surface area contributed by atoms with Crippen molar-refractivity contribution in [2.75, 3.05) is 7.11 Å². The lowest BCUT2D eigenvalue weighted by molar-refractivity contribution is 0.120. The Morgan fingerprint density at radius 3 is 2.24 bits per heavy atom. The van der Waals surface area contributed by atoms with Crippen molar-refractivity contribution in [1.29, 1.82) is 0 Å². The second-order valence-corrected chi connectivity index (χ2v) is 4.83. The highest BCUT2D eigenvalue weighted by Gasteiger charge is 2.25. The van der Waals surface area contributed by atoms with Gasteiger partial charge in [-0.3, -0.25) is 0 Å². The van der Waals surface area contributed by atoms with Gasteiger partial charge in [0.1, 0.15) is 6.10 Å². The van der Waals surface area contributed by atoms with Crippen LogP contribution < -0.4 is 14.8 Å². The molecule has 2 unspecified atom stereocenters. The summed E-state index contributed by atoms with van der Waals surface area (Å²) in [5, 5.41) is 3.51. The van der Waals surface area contributed by atoms with Crippen LogP contribution in [0.5, 0.6) is 11.5 Å². The molecule has 1 fully saturated rings. The van der Waals surface area contributed by atoms with Crippen LogP contribution in [0.15, 0.2) is 24.3 Å². The molecule has 17 heavy (non-hydrogen) atoms. The third-order valence-corrected chi connectivity index (χ3v) is 3.16. The third-order valence-electron chi connectivity index (χ3n) is 3.16. The minimum absolute atomic E-state index is 0.276. The van der Waals surface area contributed by atoms with Crippen molar-refractivity contribution in [3.8, 4) is 11.5 Å². The number of para-hydroxylation sites is 2. The van der Waals surface area contributed by atoms with Crippen LogP contribution in [0.25, 0.3) is 0 Å². The first kappa shape index (κ1) is 12.2. The van der Waals surface area contributed by atoms with E-state index in [2.05, 4.69) is 19.2 Å². The SMILES string of the molecule is COc1ccccc1OC1CC(C)NC(C)C1. The van der Waals surface area contributed by atoms with Crippen molar-refractivity contribution in [3.05, 3.63) is 24.3 Å². The molecule has 1 aliphatic heterocycles. The van der Waals surface area contributed by atoms with Crippen LogP contribution in [-0.2, 0) is 0 Å². The topological polar surface area (TPSA) is 30.5 Å². The summed E-state index contributed by atoms with van der Waals surface area (Å²) >= 11 is 0. The minimum Gasteiger partial charge on any atom is -0.493 e. The highest BCUT2D eigenvalue weighted by molar-refractivity contribution is 5.39. The average Bonchev–Trinajstić information content (AvgIpc) is 2.28. The Kier molecular flexibility index (Phi) is 3.89. The van der Waals surface area contributed by atoms with Gasteiger partial charge >= 0.3 is 0 Å². The molecule has 0 bridgehead atoms. The summed E-state index contributed by atoms with van der Waals surface area (Å²) < 4.78 is 11.4. The van der Waals surface area contributed by atoms with Gasteiger partial charge in [0.25, 0.3) is 0 Å². The van der Waals surface area contributed by atoms with E-state index in [1.54, 1.807) is 7.11 Å². The van der Waals surface area contributed by atoms with E-state index < -0.39 is 0 Å². The Morgan fingerprint density at radius 2 is 1.65 bits per heavy atom. The summed E-state index contributed by atoms with van der Waals surface area (Å²) in [5.74, 6) is 1.66. The van der Waals surface area contributed by atoms with E-state index in [1.165, 1.54) is 0 Å². The fourth-order valence-corrected chi connectivity index (χ4v) is 2.50. The van der Waals surface area contributed by atoms with E-state index in [9.17, 15) is 0 Å². The molecule has 2 atom stereocenters. The van der Waals surface area contributed by atoms with Gasteiger partial charge in [-0.05, 0) is 38.8 Å². The molecule has 0 saturated carbocycles. The molecule has 1 aromatic rings. The van der Waals surface area contributed by atoms with Crippen LogP contribution >= 0.6 is 0 Å². The molecule has 0 aromatic heterocycles. The summed E-state index contributed by atoms with van der Waals surface area (Å²) in [6.07, 6.45) is 2.36. The first-order valence-electron chi connectivity index (χ1n) is 6.24. The van der Waals surface area contributed by atoms with Gasteiger partial charge in [0.15, 0.2) is 11.5 Å². The first-order valence-corrected chi connectivity index (χ1v) is 6.24. The van der Waals surface area contributed by atoms with Crippen LogP contribution in [0.4, 0.5) is 0 Å². The summed E-state index contributed by atoms with van der Waals surface area (Å²) in [4.78, 5) is 0. The number of methoxy groups -OCH3 is 1. The maximum atomic E-state index is 6.05. The molecule has 1 saturated heterocycles. The fraction of sp³-hybridized carbons (Fsp3) is 0.571. The van der Waals surface area contributed by atoms with Crippen molar-refractivity contribution in [1.82, 2.24) is 5.32 Å². The number of hydrogen-bond acceptors (Lipinski definition) is 3. The quantitative estimate of drug-likeness (QED) is 0.873. The van der Waals surface area contributed by atoms with Crippen molar-refractivity contribution in [2.45, 2.75) is 44.9 Å².